The second-order valence-corrected chi connectivity index (χ2v) is 4.57. The van der Waals surface area contributed by atoms with Gasteiger partial charge in [-0.25, -0.2) is 0 Å². The third-order valence-electron chi connectivity index (χ3n) is 3.00. The molecule has 2 aromatic rings. The van der Waals surface area contributed by atoms with Crippen molar-refractivity contribution in [2.24, 2.45) is 0 Å². The number of para-hydroxylation sites is 1. The smallest absolute Gasteiger partial charge is 0.127 e. The molecule has 100 valence electrons. The molecule has 0 saturated carbocycles. The second kappa shape index (κ2) is 6.11. The summed E-state index contributed by atoms with van der Waals surface area (Å²) < 4.78 is 11.5. The van der Waals surface area contributed by atoms with Gasteiger partial charge in [0.25, 0.3) is 0 Å². The van der Waals surface area contributed by atoms with E-state index in [1.54, 1.807) is 0 Å². The summed E-state index contributed by atoms with van der Waals surface area (Å²) in [7, 11) is 0. The third kappa shape index (κ3) is 3.29. The second-order valence-electron chi connectivity index (χ2n) is 4.57. The van der Waals surface area contributed by atoms with Crippen LogP contribution < -0.4 is 9.47 Å². The summed E-state index contributed by atoms with van der Waals surface area (Å²) >= 11 is 0. The van der Waals surface area contributed by atoms with Crippen molar-refractivity contribution in [2.45, 2.75) is 12.8 Å². The molecule has 1 aliphatic rings. The van der Waals surface area contributed by atoms with E-state index in [-0.39, 0.29) is 0 Å². The van der Waals surface area contributed by atoms with E-state index in [1.165, 1.54) is 0 Å². The molecule has 3 rings (SSSR count). The molecule has 0 aliphatic heterocycles. The first-order valence-electron chi connectivity index (χ1n) is 6.78. The molecule has 0 atom stereocenters. The molecule has 20 heavy (non-hydrogen) atoms. The van der Waals surface area contributed by atoms with Gasteiger partial charge in [-0.05, 0) is 61.4 Å². The van der Waals surface area contributed by atoms with Crippen LogP contribution in [-0.2, 0) is 0 Å². The van der Waals surface area contributed by atoms with Gasteiger partial charge in [-0.3, -0.25) is 0 Å². The summed E-state index contributed by atoms with van der Waals surface area (Å²) in [5.41, 5.74) is 0. The van der Waals surface area contributed by atoms with E-state index in [1.807, 2.05) is 60.7 Å². The van der Waals surface area contributed by atoms with Crippen molar-refractivity contribution in [1.82, 2.24) is 0 Å². The number of hydrogen-bond acceptors (Lipinski definition) is 2. The lowest BCUT2D eigenvalue weighted by Gasteiger charge is -2.10. The van der Waals surface area contributed by atoms with Gasteiger partial charge in [0.2, 0.25) is 0 Å². The quantitative estimate of drug-likeness (QED) is 0.765. The zero-order valence-electron chi connectivity index (χ0n) is 11.2. The van der Waals surface area contributed by atoms with Crippen LogP contribution in [0.1, 0.15) is 12.8 Å². The van der Waals surface area contributed by atoms with Gasteiger partial charge >= 0.3 is 0 Å². The highest BCUT2D eigenvalue weighted by molar-refractivity contribution is 5.36. The SMILES string of the molecule is C1=CC(Oc2ccc(Oc3ccccc3)cc2)=CCC1. The van der Waals surface area contributed by atoms with Crippen LogP contribution in [-0.4, -0.2) is 0 Å². The van der Waals surface area contributed by atoms with Crippen molar-refractivity contribution in [1.29, 1.82) is 0 Å². The van der Waals surface area contributed by atoms with E-state index in [0.29, 0.717) is 0 Å². The van der Waals surface area contributed by atoms with Crippen LogP contribution in [0.15, 0.2) is 78.6 Å². The van der Waals surface area contributed by atoms with E-state index in [0.717, 1.165) is 35.8 Å². The highest BCUT2D eigenvalue weighted by Crippen LogP contribution is 2.25. The fourth-order valence-electron chi connectivity index (χ4n) is 2.00. The lowest BCUT2D eigenvalue weighted by Crippen LogP contribution is -1.95. The van der Waals surface area contributed by atoms with Crippen LogP contribution in [0.25, 0.3) is 0 Å². The maximum Gasteiger partial charge on any atom is 0.127 e. The Bertz CT molecular complexity index is 610. The number of benzene rings is 2. The van der Waals surface area contributed by atoms with Gasteiger partial charge in [-0.15, -0.1) is 0 Å². The molecule has 2 heteroatoms. The number of allylic oxidation sites excluding steroid dienone is 3. The summed E-state index contributed by atoms with van der Waals surface area (Å²) in [5, 5.41) is 0. The summed E-state index contributed by atoms with van der Waals surface area (Å²) in [4.78, 5) is 0. The van der Waals surface area contributed by atoms with Crippen molar-refractivity contribution in [2.75, 3.05) is 0 Å². The van der Waals surface area contributed by atoms with Crippen LogP contribution in [0.2, 0.25) is 0 Å². The number of hydrogen-bond donors (Lipinski definition) is 0. The first-order chi connectivity index (χ1) is 9.90. The molecule has 2 nitrogen and oxygen atoms in total. The fraction of sp³-hybridized carbons (Fsp3) is 0.111. The van der Waals surface area contributed by atoms with Gasteiger partial charge in [0.1, 0.15) is 23.0 Å². The van der Waals surface area contributed by atoms with E-state index in [4.69, 9.17) is 9.47 Å². The molecule has 0 unspecified atom stereocenters. The summed E-state index contributed by atoms with van der Waals surface area (Å²) in [5.74, 6) is 3.37. The Labute approximate surface area is 119 Å². The normalized spacial score (nSPS) is 13.7. The molecule has 2 aromatic carbocycles. The highest BCUT2D eigenvalue weighted by Gasteiger charge is 2.02. The predicted molar refractivity (Wildman–Crippen MR) is 80.0 cm³/mol. The Balaban J connectivity index is 1.65. The maximum atomic E-state index is 5.78. The van der Waals surface area contributed by atoms with Crippen molar-refractivity contribution in [3.8, 4) is 17.2 Å². The maximum absolute atomic E-state index is 5.78. The van der Waals surface area contributed by atoms with Crippen LogP contribution in [0.5, 0.6) is 17.2 Å². The molecule has 0 spiro atoms. The van der Waals surface area contributed by atoms with Crippen molar-refractivity contribution >= 4 is 0 Å². The summed E-state index contributed by atoms with van der Waals surface area (Å²) in [6, 6.07) is 17.4. The van der Waals surface area contributed by atoms with Crippen LogP contribution in [0, 0.1) is 0 Å². The molecular weight excluding hydrogens is 248 g/mol. The largest absolute Gasteiger partial charge is 0.458 e. The van der Waals surface area contributed by atoms with Gasteiger partial charge in [0.15, 0.2) is 0 Å². The zero-order chi connectivity index (χ0) is 13.6. The van der Waals surface area contributed by atoms with Crippen molar-refractivity contribution < 1.29 is 9.47 Å². The molecule has 0 N–H and O–H groups in total. The molecule has 0 aromatic heterocycles. The van der Waals surface area contributed by atoms with Gasteiger partial charge in [0, 0.05) is 0 Å². The Morgan fingerprint density at radius 2 is 1.30 bits per heavy atom. The predicted octanol–water partition coefficient (Wildman–Crippen LogP) is 5.09. The molecule has 1 aliphatic carbocycles. The topological polar surface area (TPSA) is 18.5 Å². The van der Waals surface area contributed by atoms with Gasteiger partial charge in [-0.1, -0.05) is 24.3 Å². The Morgan fingerprint density at radius 1 is 0.650 bits per heavy atom. The molecule has 0 heterocycles. The van der Waals surface area contributed by atoms with E-state index < -0.39 is 0 Å². The lowest BCUT2D eigenvalue weighted by molar-refractivity contribution is 0.436. The number of rotatable bonds is 4. The fourth-order valence-corrected chi connectivity index (χ4v) is 2.00. The monoisotopic (exact) mass is 264 g/mol. The summed E-state index contributed by atoms with van der Waals surface area (Å²) in [6.07, 6.45) is 8.38. The molecule has 0 bridgehead atoms. The molecule has 0 radical (unpaired) electrons. The van der Waals surface area contributed by atoms with Crippen LogP contribution >= 0.6 is 0 Å². The van der Waals surface area contributed by atoms with Crippen molar-refractivity contribution in [3.05, 3.63) is 78.6 Å². The zero-order valence-corrected chi connectivity index (χ0v) is 11.2. The minimum Gasteiger partial charge on any atom is -0.458 e. The third-order valence-corrected chi connectivity index (χ3v) is 3.00. The number of ether oxygens (including phenoxy) is 2. The average molecular weight is 264 g/mol. The summed E-state index contributed by atoms with van der Waals surface area (Å²) in [6.45, 7) is 0. The first kappa shape index (κ1) is 12.5. The van der Waals surface area contributed by atoms with Gasteiger partial charge in [-0.2, -0.15) is 0 Å². The average Bonchev–Trinajstić information content (AvgIpc) is 2.51. The Morgan fingerprint density at radius 3 is 1.95 bits per heavy atom. The Hall–Kier alpha value is -2.48. The van der Waals surface area contributed by atoms with Crippen molar-refractivity contribution in [3.63, 3.8) is 0 Å². The molecule has 0 saturated heterocycles. The van der Waals surface area contributed by atoms with Gasteiger partial charge in [0.05, 0.1) is 0 Å². The minimum atomic E-state index is 0.803. The first-order valence-corrected chi connectivity index (χ1v) is 6.78. The Kier molecular flexibility index (Phi) is 3.83. The van der Waals surface area contributed by atoms with Crippen LogP contribution in [0.4, 0.5) is 0 Å². The van der Waals surface area contributed by atoms with E-state index in [2.05, 4.69) is 12.2 Å². The van der Waals surface area contributed by atoms with Gasteiger partial charge < -0.3 is 9.47 Å². The van der Waals surface area contributed by atoms with E-state index >= 15 is 0 Å². The molecular formula is C18H16O2. The van der Waals surface area contributed by atoms with Crippen LogP contribution in [0.3, 0.4) is 0 Å². The molecule has 0 fully saturated rings. The minimum absolute atomic E-state index is 0.803. The lowest BCUT2D eigenvalue weighted by atomic mass is 10.2. The molecule has 0 amide bonds. The standard InChI is InChI=1S/C18H16O2/c1-3-7-15(8-4-1)19-17-11-13-18(14-12-17)20-16-9-5-2-6-10-16/h1,3-5,7-14H,2,6H2. The van der Waals surface area contributed by atoms with E-state index in [9.17, 15) is 0 Å². The highest BCUT2D eigenvalue weighted by atomic mass is 16.5.